The van der Waals surface area contributed by atoms with Crippen molar-refractivity contribution >= 4 is 0 Å². The molecule has 1 aliphatic rings. The fraction of sp³-hybridized carbons (Fsp3) is 0.412. The van der Waals surface area contributed by atoms with Gasteiger partial charge in [-0.25, -0.2) is 4.98 Å². The van der Waals surface area contributed by atoms with E-state index in [1.807, 2.05) is 35.0 Å². The Balaban J connectivity index is 1.40. The number of piperidine rings is 1. The van der Waals surface area contributed by atoms with Crippen LogP contribution in [0.5, 0.6) is 0 Å². The molecule has 1 aliphatic heterocycles. The lowest BCUT2D eigenvalue weighted by Crippen LogP contribution is -2.36. The highest BCUT2D eigenvalue weighted by Crippen LogP contribution is 2.27. The maximum absolute atomic E-state index is 5.54. The summed E-state index contributed by atoms with van der Waals surface area (Å²) in [5, 5.41) is 8.30. The highest BCUT2D eigenvalue weighted by Gasteiger charge is 2.26. The highest BCUT2D eigenvalue weighted by atomic mass is 16.5. The van der Waals surface area contributed by atoms with Crippen molar-refractivity contribution in [3.63, 3.8) is 0 Å². The second-order valence-electron chi connectivity index (χ2n) is 6.12. The van der Waals surface area contributed by atoms with Gasteiger partial charge in [0.25, 0.3) is 0 Å². The molecule has 1 unspecified atom stereocenters. The number of benzene rings is 1. The molecule has 0 radical (unpaired) electrons. The third kappa shape index (κ3) is 3.35. The van der Waals surface area contributed by atoms with E-state index < -0.39 is 0 Å². The predicted octanol–water partition coefficient (Wildman–Crippen LogP) is 2.21. The van der Waals surface area contributed by atoms with Crippen molar-refractivity contribution in [2.75, 3.05) is 19.6 Å². The summed E-state index contributed by atoms with van der Waals surface area (Å²) in [6.07, 6.45) is 5.56. The van der Waals surface area contributed by atoms with Gasteiger partial charge in [-0.2, -0.15) is 10.1 Å². The molecule has 0 spiro atoms. The van der Waals surface area contributed by atoms with E-state index in [0.717, 1.165) is 50.5 Å². The topological polar surface area (TPSA) is 72.9 Å². The van der Waals surface area contributed by atoms with Crippen molar-refractivity contribution in [2.45, 2.75) is 25.3 Å². The van der Waals surface area contributed by atoms with Gasteiger partial charge in [0.1, 0.15) is 12.7 Å². The second-order valence-corrected chi connectivity index (χ2v) is 6.12. The summed E-state index contributed by atoms with van der Waals surface area (Å²) in [7, 11) is 0. The number of rotatable bonds is 5. The Morgan fingerprint density at radius 3 is 2.92 bits per heavy atom. The highest BCUT2D eigenvalue weighted by molar-refractivity contribution is 5.53. The van der Waals surface area contributed by atoms with E-state index in [4.69, 9.17) is 4.52 Å². The zero-order valence-electron chi connectivity index (χ0n) is 13.5. The molecule has 1 atom stereocenters. The molecule has 3 heterocycles. The van der Waals surface area contributed by atoms with Crippen LogP contribution in [-0.2, 0) is 6.54 Å². The average molecular weight is 324 g/mol. The Hall–Kier alpha value is -2.54. The van der Waals surface area contributed by atoms with E-state index in [-0.39, 0.29) is 0 Å². The van der Waals surface area contributed by atoms with Crippen LogP contribution in [0.15, 0.2) is 47.5 Å². The summed E-state index contributed by atoms with van der Waals surface area (Å²) in [4.78, 5) is 11.0. The first-order valence-corrected chi connectivity index (χ1v) is 8.32. The molecule has 1 saturated heterocycles. The first-order chi connectivity index (χ1) is 11.9. The number of hydrogen-bond acceptors (Lipinski definition) is 6. The van der Waals surface area contributed by atoms with Gasteiger partial charge < -0.3 is 9.42 Å². The molecule has 7 nitrogen and oxygen atoms in total. The summed E-state index contributed by atoms with van der Waals surface area (Å²) >= 11 is 0. The molecule has 0 amide bonds. The standard InChI is InChI=1S/C17H20N6O/c1-2-5-14(6-3-1)16-20-17(24-21-16)15-7-4-8-22(11-15)9-10-23-13-18-12-19-23/h1-3,5-6,12-13,15H,4,7-11H2. The van der Waals surface area contributed by atoms with E-state index in [2.05, 4.69) is 25.1 Å². The first-order valence-electron chi connectivity index (χ1n) is 8.32. The van der Waals surface area contributed by atoms with Crippen LogP contribution in [0.1, 0.15) is 24.7 Å². The van der Waals surface area contributed by atoms with Crippen molar-refractivity contribution in [1.82, 2.24) is 29.8 Å². The third-order valence-electron chi connectivity index (χ3n) is 4.44. The average Bonchev–Trinajstić information content (AvgIpc) is 3.33. The Kier molecular flexibility index (Phi) is 4.33. The molecule has 3 aromatic rings. The van der Waals surface area contributed by atoms with Gasteiger partial charge in [-0.3, -0.25) is 4.68 Å². The molecule has 1 fully saturated rings. The van der Waals surface area contributed by atoms with Crippen LogP contribution in [-0.4, -0.2) is 49.4 Å². The van der Waals surface area contributed by atoms with Crippen LogP contribution >= 0.6 is 0 Å². The van der Waals surface area contributed by atoms with Gasteiger partial charge in [0.2, 0.25) is 11.7 Å². The summed E-state index contributed by atoms with van der Waals surface area (Å²) < 4.78 is 7.41. The number of aromatic nitrogens is 5. The van der Waals surface area contributed by atoms with Crippen molar-refractivity contribution in [3.05, 3.63) is 48.9 Å². The van der Waals surface area contributed by atoms with Crippen LogP contribution in [0.25, 0.3) is 11.4 Å². The van der Waals surface area contributed by atoms with Crippen LogP contribution < -0.4 is 0 Å². The molecule has 0 bridgehead atoms. The molecular formula is C17H20N6O. The smallest absolute Gasteiger partial charge is 0.231 e. The first kappa shape index (κ1) is 15.0. The molecule has 0 aliphatic carbocycles. The number of hydrogen-bond donors (Lipinski definition) is 0. The lowest BCUT2D eigenvalue weighted by Gasteiger charge is -2.30. The molecule has 0 saturated carbocycles. The van der Waals surface area contributed by atoms with Gasteiger partial charge in [0.15, 0.2) is 0 Å². The van der Waals surface area contributed by atoms with E-state index in [1.165, 1.54) is 0 Å². The normalized spacial score (nSPS) is 18.8. The molecule has 124 valence electrons. The Morgan fingerprint density at radius 2 is 2.08 bits per heavy atom. The van der Waals surface area contributed by atoms with Crippen LogP contribution in [0.2, 0.25) is 0 Å². The van der Waals surface area contributed by atoms with Gasteiger partial charge in [-0.05, 0) is 19.4 Å². The van der Waals surface area contributed by atoms with Crippen molar-refractivity contribution in [1.29, 1.82) is 0 Å². The zero-order chi connectivity index (χ0) is 16.2. The summed E-state index contributed by atoms with van der Waals surface area (Å²) in [5.41, 5.74) is 0.992. The summed E-state index contributed by atoms with van der Waals surface area (Å²) in [6.45, 7) is 3.86. The Bertz CT molecular complexity index is 755. The SMILES string of the molecule is c1ccc(-c2noc(C3CCCN(CCn4cncn4)C3)n2)cc1. The van der Waals surface area contributed by atoms with Crippen molar-refractivity contribution in [2.24, 2.45) is 0 Å². The van der Waals surface area contributed by atoms with Gasteiger partial charge in [0.05, 0.1) is 12.5 Å². The van der Waals surface area contributed by atoms with E-state index in [0.29, 0.717) is 11.7 Å². The fourth-order valence-corrected chi connectivity index (χ4v) is 3.16. The van der Waals surface area contributed by atoms with Crippen molar-refractivity contribution in [3.8, 4) is 11.4 Å². The van der Waals surface area contributed by atoms with Gasteiger partial charge >= 0.3 is 0 Å². The molecule has 1 aromatic carbocycles. The molecule has 4 rings (SSSR count). The Morgan fingerprint density at radius 1 is 1.17 bits per heavy atom. The minimum Gasteiger partial charge on any atom is -0.339 e. The van der Waals surface area contributed by atoms with Crippen molar-refractivity contribution < 1.29 is 4.52 Å². The summed E-state index contributed by atoms with van der Waals surface area (Å²) in [5.74, 6) is 1.73. The van der Waals surface area contributed by atoms with Crippen LogP contribution in [0, 0.1) is 0 Å². The van der Waals surface area contributed by atoms with E-state index in [9.17, 15) is 0 Å². The number of likely N-dealkylation sites (tertiary alicyclic amines) is 1. The van der Waals surface area contributed by atoms with Crippen LogP contribution in [0.3, 0.4) is 0 Å². The van der Waals surface area contributed by atoms with Gasteiger partial charge in [0, 0.05) is 18.7 Å². The maximum Gasteiger partial charge on any atom is 0.231 e. The van der Waals surface area contributed by atoms with Crippen LogP contribution in [0.4, 0.5) is 0 Å². The predicted molar refractivity (Wildman–Crippen MR) is 88.2 cm³/mol. The lowest BCUT2D eigenvalue weighted by atomic mass is 9.98. The van der Waals surface area contributed by atoms with E-state index in [1.54, 1.807) is 12.7 Å². The maximum atomic E-state index is 5.54. The molecule has 24 heavy (non-hydrogen) atoms. The fourth-order valence-electron chi connectivity index (χ4n) is 3.16. The van der Waals surface area contributed by atoms with Gasteiger partial charge in [-0.15, -0.1) is 0 Å². The molecule has 2 aromatic heterocycles. The summed E-state index contributed by atoms with van der Waals surface area (Å²) in [6, 6.07) is 9.95. The quantitative estimate of drug-likeness (QED) is 0.716. The Labute approximate surface area is 140 Å². The minimum atomic E-state index is 0.305. The third-order valence-corrected chi connectivity index (χ3v) is 4.44. The number of nitrogens with zero attached hydrogens (tertiary/aromatic N) is 6. The zero-order valence-corrected chi connectivity index (χ0v) is 13.5. The molecule has 0 N–H and O–H groups in total. The molecular weight excluding hydrogens is 304 g/mol. The van der Waals surface area contributed by atoms with Gasteiger partial charge in [-0.1, -0.05) is 35.5 Å². The largest absolute Gasteiger partial charge is 0.339 e. The minimum absolute atomic E-state index is 0.305. The monoisotopic (exact) mass is 324 g/mol. The van der Waals surface area contributed by atoms with E-state index >= 15 is 0 Å². The molecule has 7 heteroatoms. The lowest BCUT2D eigenvalue weighted by molar-refractivity contribution is 0.179. The second kappa shape index (κ2) is 6.92.